The fourth-order valence-corrected chi connectivity index (χ4v) is 2.14. The lowest BCUT2D eigenvalue weighted by molar-refractivity contribution is 0.0651. The summed E-state index contributed by atoms with van der Waals surface area (Å²) in [7, 11) is 0. The van der Waals surface area contributed by atoms with Gasteiger partial charge in [0.25, 0.3) is 5.91 Å². The Morgan fingerprint density at radius 3 is 3.06 bits per heavy atom. The van der Waals surface area contributed by atoms with E-state index in [1.807, 2.05) is 6.92 Å². The van der Waals surface area contributed by atoms with Gasteiger partial charge < -0.3 is 10.2 Å². The van der Waals surface area contributed by atoms with Crippen LogP contribution in [-0.4, -0.2) is 36.5 Å². The van der Waals surface area contributed by atoms with Gasteiger partial charge in [-0.2, -0.15) is 0 Å². The van der Waals surface area contributed by atoms with Gasteiger partial charge in [-0.25, -0.2) is 4.39 Å². The zero-order valence-electron chi connectivity index (χ0n) is 9.54. The van der Waals surface area contributed by atoms with Gasteiger partial charge in [0, 0.05) is 25.7 Å². The van der Waals surface area contributed by atoms with Crippen molar-refractivity contribution in [2.75, 3.05) is 19.6 Å². The summed E-state index contributed by atoms with van der Waals surface area (Å²) < 4.78 is 13.7. The lowest BCUT2D eigenvalue weighted by atomic mass is 10.1. The normalized spacial score (nSPS) is 20.4. The second-order valence-corrected chi connectivity index (χ2v) is 4.56. The fraction of sp³-hybridized carbons (Fsp3) is 0.417. The van der Waals surface area contributed by atoms with Crippen LogP contribution in [0.2, 0.25) is 5.02 Å². The van der Waals surface area contributed by atoms with Gasteiger partial charge in [-0.15, -0.1) is 0 Å². The number of carbonyl (C=O) groups is 1. The zero-order valence-corrected chi connectivity index (χ0v) is 10.3. The molecule has 2 rings (SSSR count). The first-order valence-corrected chi connectivity index (χ1v) is 5.94. The summed E-state index contributed by atoms with van der Waals surface area (Å²) in [5.41, 5.74) is 0.0475. The number of nitrogens with one attached hydrogen (secondary N) is 1. The molecule has 1 N–H and O–H groups in total. The maximum absolute atomic E-state index is 13.7. The SMILES string of the molecule is C[C@@H]1CNCCN1C(=O)c1cccc(Cl)c1F. The molecule has 1 amide bonds. The second kappa shape index (κ2) is 5.02. The Kier molecular flexibility index (Phi) is 3.64. The summed E-state index contributed by atoms with van der Waals surface area (Å²) >= 11 is 5.68. The van der Waals surface area contributed by atoms with Crippen LogP contribution in [0, 0.1) is 5.82 Å². The van der Waals surface area contributed by atoms with Crippen molar-refractivity contribution in [2.24, 2.45) is 0 Å². The van der Waals surface area contributed by atoms with Crippen molar-refractivity contribution in [1.82, 2.24) is 10.2 Å². The van der Waals surface area contributed by atoms with Gasteiger partial charge in [-0.3, -0.25) is 4.79 Å². The Hall–Kier alpha value is -1.13. The van der Waals surface area contributed by atoms with Crippen molar-refractivity contribution >= 4 is 17.5 Å². The molecular weight excluding hydrogens is 243 g/mol. The maximum Gasteiger partial charge on any atom is 0.257 e. The van der Waals surface area contributed by atoms with Crippen LogP contribution in [0.25, 0.3) is 0 Å². The Balaban J connectivity index is 2.27. The van der Waals surface area contributed by atoms with E-state index in [-0.39, 0.29) is 22.5 Å². The number of carbonyl (C=O) groups excluding carboxylic acids is 1. The monoisotopic (exact) mass is 256 g/mol. The van der Waals surface area contributed by atoms with Crippen LogP contribution in [0.15, 0.2) is 18.2 Å². The average molecular weight is 257 g/mol. The first kappa shape index (κ1) is 12.3. The molecule has 5 heteroatoms. The topological polar surface area (TPSA) is 32.3 Å². The van der Waals surface area contributed by atoms with E-state index in [9.17, 15) is 9.18 Å². The predicted molar refractivity (Wildman–Crippen MR) is 64.8 cm³/mol. The number of hydrogen-bond donors (Lipinski definition) is 1. The third-order valence-electron chi connectivity index (χ3n) is 2.94. The molecule has 1 aromatic rings. The smallest absolute Gasteiger partial charge is 0.257 e. The molecule has 1 heterocycles. The third-order valence-corrected chi connectivity index (χ3v) is 3.24. The van der Waals surface area contributed by atoms with Crippen molar-refractivity contribution in [3.63, 3.8) is 0 Å². The molecule has 0 saturated carbocycles. The lowest BCUT2D eigenvalue weighted by Gasteiger charge is -2.34. The molecule has 0 radical (unpaired) electrons. The van der Waals surface area contributed by atoms with E-state index in [1.54, 1.807) is 11.0 Å². The van der Waals surface area contributed by atoms with Crippen molar-refractivity contribution in [3.05, 3.63) is 34.6 Å². The third kappa shape index (κ3) is 2.42. The average Bonchev–Trinajstić information content (AvgIpc) is 2.32. The minimum absolute atomic E-state index is 0.0152. The molecule has 1 atom stereocenters. The van der Waals surface area contributed by atoms with Crippen LogP contribution in [0.4, 0.5) is 4.39 Å². The summed E-state index contributed by atoms with van der Waals surface area (Å²) in [5, 5.41) is 3.17. The summed E-state index contributed by atoms with van der Waals surface area (Å²) in [5.74, 6) is -0.927. The van der Waals surface area contributed by atoms with Gasteiger partial charge in [-0.05, 0) is 19.1 Å². The second-order valence-electron chi connectivity index (χ2n) is 4.15. The van der Waals surface area contributed by atoms with E-state index in [4.69, 9.17) is 11.6 Å². The Morgan fingerprint density at radius 1 is 1.59 bits per heavy atom. The summed E-state index contributed by atoms with van der Waals surface area (Å²) in [6.07, 6.45) is 0. The molecule has 1 aromatic carbocycles. The summed E-state index contributed by atoms with van der Waals surface area (Å²) in [4.78, 5) is 13.9. The zero-order chi connectivity index (χ0) is 12.4. The molecule has 1 aliphatic rings. The van der Waals surface area contributed by atoms with Crippen LogP contribution in [0.5, 0.6) is 0 Å². The van der Waals surface area contributed by atoms with E-state index in [1.165, 1.54) is 12.1 Å². The molecule has 92 valence electrons. The predicted octanol–water partition coefficient (Wildman–Crippen LogP) is 1.91. The van der Waals surface area contributed by atoms with Crippen LogP contribution >= 0.6 is 11.6 Å². The highest BCUT2D eigenvalue weighted by atomic mass is 35.5. The number of hydrogen-bond acceptors (Lipinski definition) is 2. The maximum atomic E-state index is 13.7. The Labute approximate surface area is 105 Å². The van der Waals surface area contributed by atoms with E-state index in [0.717, 1.165) is 13.1 Å². The first-order chi connectivity index (χ1) is 8.11. The first-order valence-electron chi connectivity index (χ1n) is 5.57. The van der Waals surface area contributed by atoms with Gasteiger partial charge >= 0.3 is 0 Å². The number of nitrogens with zero attached hydrogens (tertiary/aromatic N) is 1. The van der Waals surface area contributed by atoms with Gasteiger partial charge in [0.15, 0.2) is 5.82 Å². The molecule has 1 fully saturated rings. The van der Waals surface area contributed by atoms with E-state index >= 15 is 0 Å². The Bertz CT molecular complexity index is 439. The van der Waals surface area contributed by atoms with Gasteiger partial charge in [0.1, 0.15) is 0 Å². The Morgan fingerprint density at radius 2 is 2.35 bits per heavy atom. The molecule has 0 aliphatic carbocycles. The quantitative estimate of drug-likeness (QED) is 0.833. The van der Waals surface area contributed by atoms with Crippen LogP contribution in [0.3, 0.4) is 0 Å². The van der Waals surface area contributed by atoms with Gasteiger partial charge in [-0.1, -0.05) is 17.7 Å². The molecule has 0 aromatic heterocycles. The number of benzene rings is 1. The van der Waals surface area contributed by atoms with E-state index in [2.05, 4.69) is 5.32 Å². The van der Waals surface area contributed by atoms with Crippen molar-refractivity contribution < 1.29 is 9.18 Å². The van der Waals surface area contributed by atoms with Crippen LogP contribution in [0.1, 0.15) is 17.3 Å². The molecule has 0 spiro atoms. The number of halogens is 2. The number of amides is 1. The summed E-state index contributed by atoms with van der Waals surface area (Å²) in [6, 6.07) is 4.56. The minimum Gasteiger partial charge on any atom is -0.333 e. The van der Waals surface area contributed by atoms with Gasteiger partial charge in [0.2, 0.25) is 0 Å². The largest absolute Gasteiger partial charge is 0.333 e. The lowest BCUT2D eigenvalue weighted by Crippen LogP contribution is -2.52. The standard InChI is InChI=1S/C12H14ClFN2O/c1-8-7-15-5-6-16(8)12(17)9-3-2-4-10(13)11(9)14/h2-4,8,15H,5-7H2,1H3/t8-/m1/s1. The van der Waals surface area contributed by atoms with Crippen molar-refractivity contribution in [3.8, 4) is 0 Å². The van der Waals surface area contributed by atoms with Gasteiger partial charge in [0.05, 0.1) is 10.6 Å². The van der Waals surface area contributed by atoms with Crippen molar-refractivity contribution in [2.45, 2.75) is 13.0 Å². The molecule has 0 bridgehead atoms. The summed E-state index contributed by atoms with van der Waals surface area (Å²) in [6.45, 7) is 3.99. The number of piperazine rings is 1. The highest BCUT2D eigenvalue weighted by Gasteiger charge is 2.26. The highest BCUT2D eigenvalue weighted by molar-refractivity contribution is 6.31. The van der Waals surface area contributed by atoms with E-state index < -0.39 is 5.82 Å². The molecular formula is C12H14ClFN2O. The van der Waals surface area contributed by atoms with E-state index in [0.29, 0.717) is 6.54 Å². The molecule has 1 saturated heterocycles. The highest BCUT2D eigenvalue weighted by Crippen LogP contribution is 2.20. The fourth-order valence-electron chi connectivity index (χ4n) is 1.97. The molecule has 3 nitrogen and oxygen atoms in total. The van der Waals surface area contributed by atoms with Crippen LogP contribution < -0.4 is 5.32 Å². The molecule has 0 unspecified atom stereocenters. The molecule has 17 heavy (non-hydrogen) atoms. The number of rotatable bonds is 1. The van der Waals surface area contributed by atoms with Crippen LogP contribution in [-0.2, 0) is 0 Å². The van der Waals surface area contributed by atoms with Crippen molar-refractivity contribution in [1.29, 1.82) is 0 Å². The molecule has 1 aliphatic heterocycles. The minimum atomic E-state index is -0.634.